The first-order chi connectivity index (χ1) is 8.52. The predicted octanol–water partition coefficient (Wildman–Crippen LogP) is 3.69. The molecule has 0 aromatic heterocycles. The van der Waals surface area contributed by atoms with E-state index in [4.69, 9.17) is 4.74 Å². The van der Waals surface area contributed by atoms with Crippen LogP contribution in [0.25, 0.3) is 0 Å². The molecule has 0 atom stereocenters. The molecule has 0 amide bonds. The minimum atomic E-state index is -2.56. The fraction of sp³-hybridized carbons (Fsp3) is 0.538. The molecule has 2 nitrogen and oxygen atoms in total. The Labute approximate surface area is 114 Å². The van der Waals surface area contributed by atoms with Gasteiger partial charge in [0.25, 0.3) is 5.92 Å². The summed E-state index contributed by atoms with van der Waals surface area (Å²) < 4.78 is 32.9. The van der Waals surface area contributed by atoms with Gasteiger partial charge >= 0.3 is 0 Å². The molecule has 18 heavy (non-hydrogen) atoms. The van der Waals surface area contributed by atoms with Crippen molar-refractivity contribution in [2.75, 3.05) is 20.2 Å². The third-order valence-corrected chi connectivity index (χ3v) is 3.89. The normalized spacial score (nSPS) is 19.8. The fourth-order valence-corrected chi connectivity index (χ4v) is 2.76. The van der Waals surface area contributed by atoms with Gasteiger partial charge < -0.3 is 4.74 Å². The number of hydrogen-bond acceptors (Lipinski definition) is 2. The Morgan fingerprint density at radius 1 is 1.44 bits per heavy atom. The summed E-state index contributed by atoms with van der Waals surface area (Å²) in [5.41, 5.74) is 0.928. The number of methoxy groups -OCH3 is 1. The molecule has 1 aliphatic rings. The van der Waals surface area contributed by atoms with Crippen LogP contribution in [0, 0.1) is 0 Å². The first kappa shape index (κ1) is 13.7. The highest BCUT2D eigenvalue weighted by Gasteiger charge is 2.35. The highest BCUT2D eigenvalue weighted by atomic mass is 79.9. The number of halogens is 3. The van der Waals surface area contributed by atoms with Gasteiger partial charge in [-0.3, -0.25) is 4.90 Å². The third kappa shape index (κ3) is 3.20. The van der Waals surface area contributed by atoms with E-state index in [2.05, 4.69) is 15.9 Å². The van der Waals surface area contributed by atoms with Gasteiger partial charge in [0.1, 0.15) is 5.75 Å². The topological polar surface area (TPSA) is 12.5 Å². The molecule has 1 heterocycles. The van der Waals surface area contributed by atoms with Crippen LogP contribution >= 0.6 is 15.9 Å². The van der Waals surface area contributed by atoms with Gasteiger partial charge in [-0.15, -0.1) is 0 Å². The van der Waals surface area contributed by atoms with Crippen LogP contribution in [0.5, 0.6) is 5.75 Å². The number of hydrogen-bond donors (Lipinski definition) is 0. The molecule has 1 saturated heterocycles. The second-order valence-electron chi connectivity index (χ2n) is 4.59. The summed E-state index contributed by atoms with van der Waals surface area (Å²) in [5.74, 6) is -1.83. The Bertz CT molecular complexity index is 425. The summed E-state index contributed by atoms with van der Waals surface area (Å²) in [5, 5.41) is 0. The number of nitrogens with zero attached hydrogens (tertiary/aromatic N) is 1. The van der Waals surface area contributed by atoms with Crippen LogP contribution in [0.1, 0.15) is 18.4 Å². The number of piperidine rings is 1. The second kappa shape index (κ2) is 5.53. The van der Waals surface area contributed by atoms with Gasteiger partial charge in [0.05, 0.1) is 13.7 Å². The van der Waals surface area contributed by atoms with E-state index in [0.29, 0.717) is 19.5 Å². The zero-order valence-electron chi connectivity index (χ0n) is 10.3. The standard InChI is InChI=1S/C13H16BrF2NO/c1-18-12-5-2-4-11(14)10(12)8-17-7-3-6-13(15,16)9-17/h2,4-5H,3,6-9H2,1H3. The number of benzene rings is 1. The number of alkyl halides is 2. The summed E-state index contributed by atoms with van der Waals surface area (Å²) in [7, 11) is 1.59. The van der Waals surface area contributed by atoms with Crippen LogP contribution in [0.4, 0.5) is 8.78 Å². The zero-order chi connectivity index (χ0) is 13.2. The van der Waals surface area contributed by atoms with Crippen molar-refractivity contribution in [2.24, 2.45) is 0 Å². The predicted molar refractivity (Wildman–Crippen MR) is 70.2 cm³/mol. The number of ether oxygens (including phenoxy) is 1. The van der Waals surface area contributed by atoms with Gasteiger partial charge in [-0.2, -0.15) is 0 Å². The van der Waals surface area contributed by atoms with Crippen LogP contribution in [0.15, 0.2) is 22.7 Å². The van der Waals surface area contributed by atoms with Crippen molar-refractivity contribution in [2.45, 2.75) is 25.3 Å². The summed E-state index contributed by atoms with van der Waals surface area (Å²) in [6.45, 7) is 1.03. The first-order valence-corrected chi connectivity index (χ1v) is 6.73. The lowest BCUT2D eigenvalue weighted by Crippen LogP contribution is -2.42. The van der Waals surface area contributed by atoms with Gasteiger partial charge in [-0.25, -0.2) is 8.78 Å². The molecule has 1 aromatic rings. The minimum absolute atomic E-state index is 0.00338. The van der Waals surface area contributed by atoms with Crippen LogP contribution in [-0.4, -0.2) is 31.0 Å². The van der Waals surface area contributed by atoms with Crippen molar-refractivity contribution in [3.8, 4) is 5.75 Å². The van der Waals surface area contributed by atoms with E-state index in [9.17, 15) is 8.78 Å². The molecule has 1 fully saturated rings. The molecule has 0 aliphatic carbocycles. The second-order valence-corrected chi connectivity index (χ2v) is 5.45. The highest BCUT2D eigenvalue weighted by molar-refractivity contribution is 9.10. The Kier molecular flexibility index (Phi) is 4.22. The lowest BCUT2D eigenvalue weighted by atomic mass is 10.1. The molecule has 1 aromatic carbocycles. The van der Waals surface area contributed by atoms with E-state index in [1.165, 1.54) is 0 Å². The van der Waals surface area contributed by atoms with E-state index in [1.54, 1.807) is 12.0 Å². The van der Waals surface area contributed by atoms with Gasteiger partial charge in [-0.05, 0) is 25.1 Å². The molecule has 0 spiro atoms. The lowest BCUT2D eigenvalue weighted by molar-refractivity contribution is -0.0662. The van der Waals surface area contributed by atoms with Gasteiger partial charge in [0, 0.05) is 23.0 Å². The van der Waals surface area contributed by atoms with Gasteiger partial charge in [0.2, 0.25) is 0 Å². The van der Waals surface area contributed by atoms with E-state index in [-0.39, 0.29) is 13.0 Å². The maximum absolute atomic E-state index is 13.4. The van der Waals surface area contributed by atoms with Crippen LogP contribution in [0.3, 0.4) is 0 Å². The monoisotopic (exact) mass is 319 g/mol. The zero-order valence-corrected chi connectivity index (χ0v) is 11.8. The van der Waals surface area contributed by atoms with E-state index >= 15 is 0 Å². The van der Waals surface area contributed by atoms with Crippen LogP contribution in [-0.2, 0) is 6.54 Å². The number of rotatable bonds is 3. The largest absolute Gasteiger partial charge is 0.496 e. The maximum atomic E-state index is 13.4. The van der Waals surface area contributed by atoms with Crippen LogP contribution in [0.2, 0.25) is 0 Å². The molecule has 2 rings (SSSR count). The molecule has 0 unspecified atom stereocenters. The number of likely N-dealkylation sites (tertiary alicyclic amines) is 1. The Morgan fingerprint density at radius 3 is 2.89 bits per heavy atom. The average molecular weight is 320 g/mol. The fourth-order valence-electron chi connectivity index (χ4n) is 2.29. The molecule has 0 N–H and O–H groups in total. The molecule has 1 aliphatic heterocycles. The van der Waals surface area contributed by atoms with E-state index in [0.717, 1.165) is 15.8 Å². The van der Waals surface area contributed by atoms with Crippen LogP contribution < -0.4 is 4.74 Å². The quantitative estimate of drug-likeness (QED) is 0.842. The summed E-state index contributed by atoms with van der Waals surface area (Å²) >= 11 is 3.45. The van der Waals surface area contributed by atoms with Gasteiger partial charge in [0.15, 0.2) is 0 Å². The highest BCUT2D eigenvalue weighted by Crippen LogP contribution is 2.32. The first-order valence-electron chi connectivity index (χ1n) is 5.93. The molecule has 0 bridgehead atoms. The minimum Gasteiger partial charge on any atom is -0.496 e. The van der Waals surface area contributed by atoms with Crippen molar-refractivity contribution in [3.63, 3.8) is 0 Å². The van der Waals surface area contributed by atoms with Crippen molar-refractivity contribution in [3.05, 3.63) is 28.2 Å². The Balaban J connectivity index is 2.14. The lowest BCUT2D eigenvalue weighted by Gasteiger charge is -2.32. The molecular formula is C13H16BrF2NO. The third-order valence-electron chi connectivity index (χ3n) is 3.15. The molecule has 100 valence electrons. The van der Waals surface area contributed by atoms with Crippen molar-refractivity contribution in [1.82, 2.24) is 4.90 Å². The Hall–Kier alpha value is -0.680. The maximum Gasteiger partial charge on any atom is 0.260 e. The molecule has 0 radical (unpaired) electrons. The van der Waals surface area contributed by atoms with Crippen molar-refractivity contribution >= 4 is 15.9 Å². The molecule has 5 heteroatoms. The molecular weight excluding hydrogens is 304 g/mol. The molecule has 0 saturated carbocycles. The summed E-state index contributed by atoms with van der Waals surface area (Å²) in [4.78, 5) is 1.78. The Morgan fingerprint density at radius 2 is 2.22 bits per heavy atom. The van der Waals surface area contributed by atoms with Crippen molar-refractivity contribution < 1.29 is 13.5 Å². The van der Waals surface area contributed by atoms with E-state index in [1.807, 2.05) is 18.2 Å². The summed E-state index contributed by atoms with van der Waals surface area (Å²) in [6.07, 6.45) is 0.538. The SMILES string of the molecule is COc1cccc(Br)c1CN1CCCC(F)(F)C1. The average Bonchev–Trinajstić information content (AvgIpc) is 2.30. The van der Waals surface area contributed by atoms with E-state index < -0.39 is 5.92 Å². The van der Waals surface area contributed by atoms with Crippen molar-refractivity contribution in [1.29, 1.82) is 0 Å². The van der Waals surface area contributed by atoms with Gasteiger partial charge in [-0.1, -0.05) is 22.0 Å². The smallest absolute Gasteiger partial charge is 0.260 e. The summed E-state index contributed by atoms with van der Waals surface area (Å²) in [6, 6.07) is 5.62.